The first-order valence-corrected chi connectivity index (χ1v) is 9.70. The van der Waals surface area contributed by atoms with Crippen LogP contribution >= 0.6 is 11.3 Å². The molecule has 6 nitrogen and oxygen atoms in total. The van der Waals surface area contributed by atoms with Crippen molar-refractivity contribution in [2.75, 3.05) is 13.9 Å². The van der Waals surface area contributed by atoms with Gasteiger partial charge in [-0.2, -0.15) is 0 Å². The van der Waals surface area contributed by atoms with E-state index in [9.17, 15) is 4.79 Å². The van der Waals surface area contributed by atoms with Crippen molar-refractivity contribution in [1.29, 1.82) is 0 Å². The summed E-state index contributed by atoms with van der Waals surface area (Å²) in [4.78, 5) is 18.0. The quantitative estimate of drug-likeness (QED) is 0.688. The second-order valence-corrected chi connectivity index (χ2v) is 7.45. The van der Waals surface area contributed by atoms with Crippen molar-refractivity contribution in [2.24, 2.45) is 0 Å². The van der Waals surface area contributed by atoms with E-state index < -0.39 is 0 Å². The number of nitrogens with one attached hydrogen (secondary N) is 1. The van der Waals surface area contributed by atoms with Gasteiger partial charge in [0.2, 0.25) is 12.7 Å². The molecule has 0 bridgehead atoms. The number of rotatable bonds is 6. The van der Waals surface area contributed by atoms with E-state index in [1.54, 1.807) is 7.11 Å². The van der Waals surface area contributed by atoms with Crippen LogP contribution in [0.2, 0.25) is 0 Å². The Bertz CT molecular complexity index is 1020. The summed E-state index contributed by atoms with van der Waals surface area (Å²) in [5.74, 6) is 2.18. The topological polar surface area (TPSA) is 69.7 Å². The molecule has 1 aliphatic rings. The van der Waals surface area contributed by atoms with Crippen LogP contribution in [0.4, 0.5) is 0 Å². The minimum atomic E-state index is -0.0454. The summed E-state index contributed by atoms with van der Waals surface area (Å²) in [6.45, 7) is 2.60. The highest BCUT2D eigenvalue weighted by Gasteiger charge is 2.16. The Hall–Kier alpha value is -3.06. The monoisotopic (exact) mass is 396 g/mol. The van der Waals surface area contributed by atoms with Gasteiger partial charge in [-0.3, -0.25) is 4.79 Å². The molecule has 0 fully saturated rings. The third kappa shape index (κ3) is 3.80. The predicted molar refractivity (Wildman–Crippen MR) is 107 cm³/mol. The summed E-state index contributed by atoms with van der Waals surface area (Å²) < 4.78 is 16.1. The third-order valence-corrected chi connectivity index (χ3v) is 5.67. The van der Waals surface area contributed by atoms with Crippen molar-refractivity contribution < 1.29 is 19.0 Å². The highest BCUT2D eigenvalue weighted by molar-refractivity contribution is 7.15. The van der Waals surface area contributed by atoms with E-state index in [1.807, 2.05) is 49.4 Å². The van der Waals surface area contributed by atoms with E-state index >= 15 is 0 Å². The minimum absolute atomic E-state index is 0.0454. The van der Waals surface area contributed by atoms with Crippen molar-refractivity contribution in [1.82, 2.24) is 10.3 Å². The van der Waals surface area contributed by atoms with Crippen molar-refractivity contribution in [3.8, 4) is 27.8 Å². The van der Waals surface area contributed by atoms with Gasteiger partial charge in [0.25, 0.3) is 0 Å². The lowest BCUT2D eigenvalue weighted by Gasteiger charge is -2.06. The summed E-state index contributed by atoms with van der Waals surface area (Å²) >= 11 is 1.52. The van der Waals surface area contributed by atoms with Gasteiger partial charge < -0.3 is 19.5 Å². The SMILES string of the molecule is COc1ccccc1-c1nc(C)c(CC(=O)NCc2ccc3c(c2)OCO3)s1. The van der Waals surface area contributed by atoms with Gasteiger partial charge in [-0.1, -0.05) is 18.2 Å². The van der Waals surface area contributed by atoms with Crippen LogP contribution in [0.5, 0.6) is 17.2 Å². The number of para-hydroxylation sites is 1. The van der Waals surface area contributed by atoms with Gasteiger partial charge in [0.1, 0.15) is 10.8 Å². The first-order chi connectivity index (χ1) is 13.6. The first-order valence-electron chi connectivity index (χ1n) is 8.89. The van der Waals surface area contributed by atoms with Crippen LogP contribution in [0.1, 0.15) is 16.1 Å². The number of nitrogens with zero attached hydrogens (tertiary/aromatic N) is 1. The molecule has 0 atom stereocenters. The smallest absolute Gasteiger partial charge is 0.231 e. The van der Waals surface area contributed by atoms with E-state index in [2.05, 4.69) is 10.3 Å². The van der Waals surface area contributed by atoms with E-state index in [4.69, 9.17) is 14.2 Å². The molecule has 1 aliphatic heterocycles. The standard InChI is InChI=1S/C21H20N2O4S/c1-13-19(28-21(23-13)15-5-3-4-6-16(15)25-2)10-20(24)22-11-14-7-8-17-18(9-14)27-12-26-17/h3-9H,10-12H2,1-2H3,(H,22,24). The predicted octanol–water partition coefficient (Wildman–Crippen LogP) is 3.71. The normalized spacial score (nSPS) is 12.1. The second-order valence-electron chi connectivity index (χ2n) is 6.37. The lowest BCUT2D eigenvalue weighted by atomic mass is 10.2. The van der Waals surface area contributed by atoms with Gasteiger partial charge in [0, 0.05) is 11.4 Å². The maximum absolute atomic E-state index is 12.4. The number of methoxy groups -OCH3 is 1. The van der Waals surface area contributed by atoms with E-state index in [0.717, 1.165) is 38.2 Å². The molecular formula is C21H20N2O4S. The molecule has 0 radical (unpaired) electrons. The molecule has 2 aromatic carbocycles. The highest BCUT2D eigenvalue weighted by Crippen LogP contribution is 2.34. The molecule has 0 unspecified atom stereocenters. The van der Waals surface area contributed by atoms with Crippen molar-refractivity contribution in [2.45, 2.75) is 19.9 Å². The number of carbonyl (C=O) groups excluding carboxylic acids is 1. The largest absolute Gasteiger partial charge is 0.496 e. The third-order valence-electron chi connectivity index (χ3n) is 4.48. The van der Waals surface area contributed by atoms with Crippen LogP contribution < -0.4 is 19.5 Å². The molecule has 3 aromatic rings. The highest BCUT2D eigenvalue weighted by atomic mass is 32.1. The lowest BCUT2D eigenvalue weighted by Crippen LogP contribution is -2.24. The molecule has 7 heteroatoms. The second kappa shape index (κ2) is 7.90. The fourth-order valence-electron chi connectivity index (χ4n) is 2.99. The number of benzene rings is 2. The summed E-state index contributed by atoms with van der Waals surface area (Å²) in [7, 11) is 1.64. The molecule has 1 N–H and O–H groups in total. The average Bonchev–Trinajstić information content (AvgIpc) is 3.32. The molecule has 1 aromatic heterocycles. The summed E-state index contributed by atoms with van der Waals surface area (Å²) in [5.41, 5.74) is 2.77. The van der Waals surface area contributed by atoms with Crippen LogP contribution in [0.25, 0.3) is 10.6 Å². The molecule has 0 saturated carbocycles. The number of amides is 1. The number of hydrogen-bond acceptors (Lipinski definition) is 6. The zero-order valence-electron chi connectivity index (χ0n) is 15.7. The Labute approximate surface area is 167 Å². The van der Waals surface area contributed by atoms with Gasteiger partial charge in [0.15, 0.2) is 11.5 Å². The number of ether oxygens (including phenoxy) is 3. The zero-order valence-corrected chi connectivity index (χ0v) is 16.5. The minimum Gasteiger partial charge on any atom is -0.496 e. The molecule has 0 saturated heterocycles. The van der Waals surface area contributed by atoms with Gasteiger partial charge in [0.05, 0.1) is 24.8 Å². The van der Waals surface area contributed by atoms with Crippen LogP contribution in [-0.2, 0) is 17.8 Å². The van der Waals surface area contributed by atoms with Crippen molar-refractivity contribution in [3.63, 3.8) is 0 Å². The Balaban J connectivity index is 1.41. The Morgan fingerprint density at radius 3 is 2.89 bits per heavy atom. The number of carbonyl (C=O) groups is 1. The molecule has 1 amide bonds. The van der Waals surface area contributed by atoms with Crippen LogP contribution in [0, 0.1) is 6.92 Å². The van der Waals surface area contributed by atoms with E-state index in [0.29, 0.717) is 18.7 Å². The Kier molecular flexibility index (Phi) is 5.16. The van der Waals surface area contributed by atoms with Crippen molar-refractivity contribution >= 4 is 17.2 Å². The number of aryl methyl sites for hydroxylation is 1. The fourth-order valence-corrected chi connectivity index (χ4v) is 4.08. The lowest BCUT2D eigenvalue weighted by molar-refractivity contribution is -0.120. The van der Waals surface area contributed by atoms with Crippen LogP contribution in [-0.4, -0.2) is 24.8 Å². The van der Waals surface area contributed by atoms with Crippen LogP contribution in [0.3, 0.4) is 0 Å². The fraction of sp³-hybridized carbons (Fsp3) is 0.238. The van der Waals surface area contributed by atoms with Gasteiger partial charge in [-0.15, -0.1) is 11.3 Å². The summed E-state index contributed by atoms with van der Waals surface area (Å²) in [5, 5.41) is 3.81. The Morgan fingerprint density at radius 2 is 2.04 bits per heavy atom. The Morgan fingerprint density at radius 1 is 1.21 bits per heavy atom. The first kappa shape index (κ1) is 18.3. The maximum atomic E-state index is 12.4. The maximum Gasteiger partial charge on any atom is 0.231 e. The van der Waals surface area contributed by atoms with E-state index in [1.165, 1.54) is 11.3 Å². The number of hydrogen-bond donors (Lipinski definition) is 1. The summed E-state index contributed by atoms with van der Waals surface area (Å²) in [6.07, 6.45) is 0.295. The van der Waals surface area contributed by atoms with Gasteiger partial charge in [-0.05, 0) is 36.8 Å². The molecule has 144 valence electrons. The van der Waals surface area contributed by atoms with Crippen LogP contribution in [0.15, 0.2) is 42.5 Å². The molecule has 2 heterocycles. The molecule has 28 heavy (non-hydrogen) atoms. The van der Waals surface area contributed by atoms with Gasteiger partial charge >= 0.3 is 0 Å². The number of thiazole rings is 1. The molecule has 4 rings (SSSR count). The molecular weight excluding hydrogens is 376 g/mol. The molecule has 0 aliphatic carbocycles. The number of aromatic nitrogens is 1. The van der Waals surface area contributed by atoms with Crippen molar-refractivity contribution in [3.05, 3.63) is 58.6 Å². The van der Waals surface area contributed by atoms with Gasteiger partial charge in [-0.25, -0.2) is 4.98 Å². The number of fused-ring (bicyclic) bond motifs is 1. The van der Waals surface area contributed by atoms with E-state index in [-0.39, 0.29) is 12.7 Å². The zero-order chi connectivity index (χ0) is 19.5. The summed E-state index contributed by atoms with van der Waals surface area (Å²) in [6, 6.07) is 13.4. The average molecular weight is 396 g/mol. The molecule has 0 spiro atoms.